The predicted octanol–water partition coefficient (Wildman–Crippen LogP) is 7.02. The molecule has 0 amide bonds. The molecule has 1 saturated heterocycles. The van der Waals surface area contributed by atoms with E-state index >= 15 is 0 Å². The van der Waals surface area contributed by atoms with Crippen molar-refractivity contribution in [3.05, 3.63) is 63.5 Å². The molecule has 2 aromatic carbocycles. The van der Waals surface area contributed by atoms with Gasteiger partial charge in [0.15, 0.2) is 0 Å². The van der Waals surface area contributed by atoms with Gasteiger partial charge in [-0.15, -0.1) is 11.3 Å². The number of thioether (sulfide) groups is 1. The molecular formula is C22H22Cl2N2OS2. The Kier molecular flexibility index (Phi) is 6.93. The Morgan fingerprint density at radius 1 is 1.03 bits per heavy atom. The van der Waals surface area contributed by atoms with Crippen molar-refractivity contribution in [2.24, 2.45) is 0 Å². The second-order valence-corrected chi connectivity index (χ2v) is 9.82. The Hall–Kier alpha value is -1.37. The van der Waals surface area contributed by atoms with Gasteiger partial charge < -0.3 is 10.1 Å². The minimum absolute atomic E-state index is 0.498. The lowest BCUT2D eigenvalue weighted by Crippen LogP contribution is -2.31. The van der Waals surface area contributed by atoms with E-state index in [2.05, 4.69) is 45.9 Å². The topological polar surface area (TPSA) is 24.5 Å². The molecule has 1 aliphatic rings. The number of benzene rings is 2. The molecule has 2 heterocycles. The first-order chi connectivity index (χ1) is 14.1. The summed E-state index contributed by atoms with van der Waals surface area (Å²) in [6, 6.07) is 14.4. The van der Waals surface area contributed by atoms with Crippen LogP contribution in [-0.2, 0) is 6.54 Å². The molecule has 29 heavy (non-hydrogen) atoms. The monoisotopic (exact) mass is 464 g/mol. The molecule has 0 radical (unpaired) electrons. The highest BCUT2D eigenvalue weighted by atomic mass is 35.5. The summed E-state index contributed by atoms with van der Waals surface area (Å²) in [5.74, 6) is 3.01. The van der Waals surface area contributed by atoms with Gasteiger partial charge >= 0.3 is 0 Å². The SMILES string of the molecule is COc1cc(Nc2cc(CN3CCSCC3)ccc2-c2cccs2)c(Cl)cc1Cl. The van der Waals surface area contributed by atoms with Gasteiger partial charge in [0.25, 0.3) is 0 Å². The molecule has 0 spiro atoms. The highest BCUT2D eigenvalue weighted by Crippen LogP contribution is 2.39. The quantitative estimate of drug-likeness (QED) is 0.423. The fourth-order valence-corrected chi connectivity index (χ4v) is 5.64. The van der Waals surface area contributed by atoms with Gasteiger partial charge in [0.2, 0.25) is 0 Å². The molecular weight excluding hydrogens is 443 g/mol. The van der Waals surface area contributed by atoms with Crippen molar-refractivity contribution in [1.29, 1.82) is 0 Å². The lowest BCUT2D eigenvalue weighted by molar-refractivity contribution is 0.294. The van der Waals surface area contributed by atoms with E-state index < -0.39 is 0 Å². The van der Waals surface area contributed by atoms with Crippen LogP contribution in [0.15, 0.2) is 47.8 Å². The maximum atomic E-state index is 6.47. The van der Waals surface area contributed by atoms with Crippen molar-refractivity contribution in [1.82, 2.24) is 4.90 Å². The van der Waals surface area contributed by atoms with Crippen LogP contribution in [0.25, 0.3) is 10.4 Å². The Morgan fingerprint density at radius 2 is 1.86 bits per heavy atom. The van der Waals surface area contributed by atoms with E-state index in [-0.39, 0.29) is 0 Å². The van der Waals surface area contributed by atoms with Crippen LogP contribution in [0.3, 0.4) is 0 Å². The van der Waals surface area contributed by atoms with Crippen LogP contribution in [0.5, 0.6) is 5.75 Å². The third-order valence-corrected chi connectivity index (χ3v) is 7.35. The lowest BCUT2D eigenvalue weighted by Gasteiger charge is -2.26. The van der Waals surface area contributed by atoms with E-state index in [1.54, 1.807) is 24.5 Å². The van der Waals surface area contributed by atoms with E-state index in [0.717, 1.165) is 36.6 Å². The van der Waals surface area contributed by atoms with Gasteiger partial charge in [-0.05, 0) is 29.1 Å². The van der Waals surface area contributed by atoms with Crippen LogP contribution in [0.2, 0.25) is 10.0 Å². The first kappa shape index (κ1) is 20.9. The van der Waals surface area contributed by atoms with Crippen LogP contribution >= 0.6 is 46.3 Å². The average molecular weight is 465 g/mol. The van der Waals surface area contributed by atoms with Crippen molar-refractivity contribution >= 4 is 57.7 Å². The largest absolute Gasteiger partial charge is 0.495 e. The highest BCUT2D eigenvalue weighted by Gasteiger charge is 2.15. The zero-order chi connectivity index (χ0) is 20.2. The highest BCUT2D eigenvalue weighted by molar-refractivity contribution is 7.99. The Bertz CT molecular complexity index is 973. The number of halogens is 2. The molecule has 3 aromatic rings. The summed E-state index contributed by atoms with van der Waals surface area (Å²) >= 11 is 16.4. The van der Waals surface area contributed by atoms with Crippen molar-refractivity contribution in [3.63, 3.8) is 0 Å². The second-order valence-electron chi connectivity index (χ2n) is 6.84. The van der Waals surface area contributed by atoms with Crippen LogP contribution in [0, 0.1) is 0 Å². The smallest absolute Gasteiger partial charge is 0.139 e. The van der Waals surface area contributed by atoms with Crippen LogP contribution in [-0.4, -0.2) is 36.6 Å². The van der Waals surface area contributed by atoms with Crippen LogP contribution < -0.4 is 10.1 Å². The number of hydrogen-bond acceptors (Lipinski definition) is 5. The molecule has 1 fully saturated rings. The van der Waals surface area contributed by atoms with Crippen LogP contribution in [0.1, 0.15) is 5.56 Å². The second kappa shape index (κ2) is 9.63. The third kappa shape index (κ3) is 5.04. The Labute approximate surface area is 190 Å². The van der Waals surface area contributed by atoms with E-state index in [0.29, 0.717) is 15.8 Å². The first-order valence-electron chi connectivity index (χ1n) is 9.41. The first-order valence-corrected chi connectivity index (χ1v) is 12.2. The number of rotatable bonds is 6. The molecule has 3 nitrogen and oxygen atoms in total. The molecule has 1 N–H and O–H groups in total. The lowest BCUT2D eigenvalue weighted by atomic mass is 10.1. The van der Waals surface area contributed by atoms with Crippen molar-refractivity contribution in [2.45, 2.75) is 6.54 Å². The maximum Gasteiger partial charge on any atom is 0.139 e. The van der Waals surface area contributed by atoms with Gasteiger partial charge in [-0.2, -0.15) is 11.8 Å². The molecule has 0 saturated carbocycles. The number of nitrogens with one attached hydrogen (secondary N) is 1. The third-order valence-electron chi connectivity index (χ3n) is 4.89. The summed E-state index contributed by atoms with van der Waals surface area (Å²) in [4.78, 5) is 3.73. The molecule has 1 aliphatic heterocycles. The minimum Gasteiger partial charge on any atom is -0.495 e. The normalized spacial score (nSPS) is 14.7. The standard InChI is InChI=1S/C22H22Cl2N2OS2/c1-27-21-13-20(17(23)12-18(21)24)25-19-11-15(14-26-6-9-28-10-7-26)4-5-16(19)22-3-2-8-29-22/h2-5,8,11-13,25H,6-7,9-10,14H2,1H3. The van der Waals surface area contributed by atoms with E-state index in [1.165, 1.54) is 21.9 Å². The number of anilines is 2. The van der Waals surface area contributed by atoms with Crippen molar-refractivity contribution in [2.75, 3.05) is 37.0 Å². The zero-order valence-electron chi connectivity index (χ0n) is 16.1. The Balaban J connectivity index is 1.68. The molecule has 0 atom stereocenters. The molecule has 152 valence electrons. The molecule has 1 aromatic heterocycles. The summed E-state index contributed by atoms with van der Waals surface area (Å²) in [5.41, 5.74) is 4.25. The van der Waals surface area contributed by atoms with Gasteiger partial charge in [-0.3, -0.25) is 4.90 Å². The Morgan fingerprint density at radius 3 is 2.59 bits per heavy atom. The summed E-state index contributed by atoms with van der Waals surface area (Å²) in [7, 11) is 1.60. The number of methoxy groups -OCH3 is 1. The molecule has 0 bridgehead atoms. The number of ether oxygens (including phenoxy) is 1. The summed E-state index contributed by atoms with van der Waals surface area (Å²) < 4.78 is 5.37. The molecule has 7 heteroatoms. The predicted molar refractivity (Wildman–Crippen MR) is 129 cm³/mol. The van der Waals surface area contributed by atoms with Gasteiger partial charge in [0.05, 0.1) is 22.8 Å². The summed E-state index contributed by atoms with van der Waals surface area (Å²) in [5, 5.41) is 6.68. The van der Waals surface area contributed by atoms with Gasteiger partial charge in [0, 0.05) is 53.3 Å². The molecule has 4 rings (SSSR count). The zero-order valence-corrected chi connectivity index (χ0v) is 19.2. The minimum atomic E-state index is 0.498. The van der Waals surface area contributed by atoms with Crippen molar-refractivity contribution < 1.29 is 4.74 Å². The van der Waals surface area contributed by atoms with Crippen molar-refractivity contribution in [3.8, 4) is 16.2 Å². The molecule has 0 aliphatic carbocycles. The maximum absolute atomic E-state index is 6.47. The fraction of sp³-hybridized carbons (Fsp3) is 0.273. The number of hydrogen-bond donors (Lipinski definition) is 1. The summed E-state index contributed by atoms with van der Waals surface area (Å²) in [6.07, 6.45) is 0. The van der Waals surface area contributed by atoms with Gasteiger partial charge in [-0.25, -0.2) is 0 Å². The van der Waals surface area contributed by atoms with E-state index in [4.69, 9.17) is 27.9 Å². The van der Waals surface area contributed by atoms with E-state index in [9.17, 15) is 0 Å². The van der Waals surface area contributed by atoms with Gasteiger partial charge in [-0.1, -0.05) is 41.4 Å². The number of nitrogens with zero attached hydrogens (tertiary/aromatic N) is 1. The molecule has 0 unspecified atom stereocenters. The average Bonchev–Trinajstić information content (AvgIpc) is 3.25. The van der Waals surface area contributed by atoms with Crippen LogP contribution in [0.4, 0.5) is 11.4 Å². The summed E-state index contributed by atoms with van der Waals surface area (Å²) in [6.45, 7) is 3.23. The fourth-order valence-electron chi connectivity index (χ4n) is 3.38. The van der Waals surface area contributed by atoms with E-state index in [1.807, 2.05) is 17.8 Å². The van der Waals surface area contributed by atoms with Gasteiger partial charge in [0.1, 0.15) is 5.75 Å². The number of thiophene rings is 1.